The zero-order valence-electron chi connectivity index (χ0n) is 16.6. The Labute approximate surface area is 182 Å². The number of amides is 2. The molecule has 0 saturated carbocycles. The van der Waals surface area contributed by atoms with Gasteiger partial charge >= 0.3 is 0 Å². The lowest BCUT2D eigenvalue weighted by atomic mass is 9.67. The van der Waals surface area contributed by atoms with E-state index < -0.39 is 17.4 Å². The highest BCUT2D eigenvalue weighted by Crippen LogP contribution is 2.54. The van der Waals surface area contributed by atoms with Gasteiger partial charge in [0, 0.05) is 32.9 Å². The van der Waals surface area contributed by atoms with Crippen LogP contribution in [0.15, 0.2) is 42.0 Å². The number of carbonyl (C=O) groups excluding carboxylic acids is 2. The smallest absolute Gasteiger partial charge is 0.263 e. The number of anilines is 1. The minimum atomic E-state index is -1.01. The van der Waals surface area contributed by atoms with Gasteiger partial charge in [-0.15, -0.1) is 0 Å². The highest BCUT2D eigenvalue weighted by atomic mass is 35.5. The molecule has 0 saturated heterocycles. The van der Waals surface area contributed by atoms with Crippen LogP contribution in [0.4, 0.5) is 5.69 Å². The van der Waals surface area contributed by atoms with Crippen molar-refractivity contribution >= 4 is 45.6 Å². The highest BCUT2D eigenvalue weighted by molar-refractivity contribution is 6.31. The SMILES string of the molecule is Cc1ccc2c3c([nH]c2c1)C1=C(C#N)C(=O)NC1(C1C(=O)Nc2ccc(Cl)cc21)CC3. The van der Waals surface area contributed by atoms with Crippen molar-refractivity contribution in [2.75, 3.05) is 5.32 Å². The zero-order chi connectivity index (χ0) is 21.5. The molecule has 2 unspecified atom stereocenters. The van der Waals surface area contributed by atoms with Gasteiger partial charge in [0.05, 0.1) is 11.5 Å². The van der Waals surface area contributed by atoms with Crippen molar-refractivity contribution in [3.8, 4) is 6.07 Å². The first-order valence-electron chi connectivity index (χ1n) is 10.1. The van der Waals surface area contributed by atoms with Gasteiger partial charge in [0.15, 0.2) is 0 Å². The Morgan fingerprint density at radius 1 is 1.19 bits per heavy atom. The maximum absolute atomic E-state index is 13.2. The molecule has 2 aromatic carbocycles. The summed E-state index contributed by atoms with van der Waals surface area (Å²) >= 11 is 6.25. The average Bonchev–Trinajstić information content (AvgIpc) is 3.34. The van der Waals surface area contributed by atoms with Crippen LogP contribution in [0.3, 0.4) is 0 Å². The van der Waals surface area contributed by atoms with Crippen LogP contribution in [0.5, 0.6) is 0 Å². The molecule has 1 aromatic heterocycles. The molecule has 3 aromatic rings. The van der Waals surface area contributed by atoms with Crippen LogP contribution in [-0.2, 0) is 16.0 Å². The first-order chi connectivity index (χ1) is 14.9. The number of nitriles is 1. The Bertz CT molecular complexity index is 1430. The van der Waals surface area contributed by atoms with Gasteiger partial charge in [0.2, 0.25) is 5.91 Å². The number of fused-ring (bicyclic) bond motifs is 6. The minimum Gasteiger partial charge on any atom is -0.354 e. The van der Waals surface area contributed by atoms with Gasteiger partial charge in [-0.3, -0.25) is 9.59 Å². The summed E-state index contributed by atoms with van der Waals surface area (Å²) in [7, 11) is 0. The maximum Gasteiger partial charge on any atom is 0.263 e. The lowest BCUT2D eigenvalue weighted by Crippen LogP contribution is -2.52. The summed E-state index contributed by atoms with van der Waals surface area (Å²) in [5.74, 6) is -1.32. The second-order valence-corrected chi connectivity index (χ2v) is 8.91. The molecular weight excluding hydrogens is 412 g/mol. The Morgan fingerprint density at radius 3 is 2.84 bits per heavy atom. The van der Waals surface area contributed by atoms with Gasteiger partial charge in [-0.25, -0.2) is 0 Å². The van der Waals surface area contributed by atoms with E-state index in [0.717, 1.165) is 33.3 Å². The summed E-state index contributed by atoms with van der Waals surface area (Å²) in [4.78, 5) is 29.6. The summed E-state index contributed by atoms with van der Waals surface area (Å²) in [6.07, 6.45) is 1.18. The minimum absolute atomic E-state index is 0.0625. The molecule has 6 nitrogen and oxygen atoms in total. The fraction of sp³-hybridized carbons (Fsp3) is 0.208. The molecule has 6 rings (SSSR count). The Hall–Kier alpha value is -3.56. The first kappa shape index (κ1) is 18.2. The molecule has 0 fully saturated rings. The Morgan fingerprint density at radius 2 is 2.03 bits per heavy atom. The molecule has 0 radical (unpaired) electrons. The maximum atomic E-state index is 13.2. The van der Waals surface area contributed by atoms with E-state index in [0.29, 0.717) is 29.1 Å². The third-order valence-corrected chi connectivity index (χ3v) is 7.03. The molecule has 3 N–H and O–H groups in total. The number of aryl methyl sites for hydroxylation is 2. The monoisotopic (exact) mass is 428 g/mol. The van der Waals surface area contributed by atoms with E-state index in [9.17, 15) is 14.9 Å². The molecule has 7 heteroatoms. The van der Waals surface area contributed by atoms with Crippen molar-refractivity contribution in [1.82, 2.24) is 10.3 Å². The molecular formula is C24H17ClN4O2. The molecule has 3 aliphatic rings. The molecule has 0 spiro atoms. The number of hydrogen-bond donors (Lipinski definition) is 3. The second kappa shape index (κ2) is 5.99. The lowest BCUT2D eigenvalue weighted by molar-refractivity contribution is -0.120. The van der Waals surface area contributed by atoms with Gasteiger partial charge in [-0.2, -0.15) is 5.26 Å². The normalized spacial score (nSPS) is 23.8. The summed E-state index contributed by atoms with van der Waals surface area (Å²) in [6, 6.07) is 13.6. The molecule has 2 aliphatic heterocycles. The van der Waals surface area contributed by atoms with E-state index in [2.05, 4.69) is 39.9 Å². The number of nitrogens with zero attached hydrogens (tertiary/aromatic N) is 1. The van der Waals surface area contributed by atoms with Gasteiger partial charge < -0.3 is 15.6 Å². The molecule has 0 bridgehead atoms. The van der Waals surface area contributed by atoms with Crippen LogP contribution in [0, 0.1) is 18.3 Å². The fourth-order valence-electron chi connectivity index (χ4n) is 5.55. The molecule has 152 valence electrons. The topological polar surface area (TPSA) is 97.8 Å². The number of hydrogen-bond acceptors (Lipinski definition) is 3. The van der Waals surface area contributed by atoms with Gasteiger partial charge in [0.25, 0.3) is 5.91 Å². The number of aromatic amines is 1. The van der Waals surface area contributed by atoms with Crippen molar-refractivity contribution in [3.05, 3.63) is 69.4 Å². The zero-order valence-corrected chi connectivity index (χ0v) is 17.4. The second-order valence-electron chi connectivity index (χ2n) is 8.47. The predicted octanol–water partition coefficient (Wildman–Crippen LogP) is 3.96. The van der Waals surface area contributed by atoms with Crippen molar-refractivity contribution in [2.45, 2.75) is 31.2 Å². The quantitative estimate of drug-likeness (QED) is 0.547. The number of nitrogens with one attached hydrogen (secondary N) is 3. The first-order valence-corrected chi connectivity index (χ1v) is 10.5. The number of H-pyrrole nitrogens is 1. The third kappa shape index (κ3) is 2.27. The largest absolute Gasteiger partial charge is 0.354 e. The van der Waals surface area contributed by atoms with Crippen LogP contribution in [0.1, 0.15) is 34.7 Å². The standard InChI is InChI=1S/C24H17ClN4O2/c1-11-2-4-13-14-6-7-24(20-15-9-12(25)3-5-17(15)28-23(20)31)19(16(10-26)22(30)29-24)21(14)27-18(13)8-11/h2-5,8-9,20,27H,6-7H2,1H3,(H,28,31)(H,29,30). The van der Waals surface area contributed by atoms with Crippen molar-refractivity contribution in [3.63, 3.8) is 0 Å². The number of carbonyl (C=O) groups is 2. The molecule has 3 heterocycles. The van der Waals surface area contributed by atoms with Crippen molar-refractivity contribution < 1.29 is 9.59 Å². The third-order valence-electron chi connectivity index (χ3n) is 6.79. The van der Waals surface area contributed by atoms with E-state index in [1.165, 1.54) is 0 Å². The molecule has 1 aliphatic carbocycles. The van der Waals surface area contributed by atoms with Crippen LogP contribution in [0.2, 0.25) is 5.02 Å². The van der Waals surface area contributed by atoms with Gasteiger partial charge in [0.1, 0.15) is 11.6 Å². The van der Waals surface area contributed by atoms with E-state index in [-0.39, 0.29) is 11.5 Å². The van der Waals surface area contributed by atoms with E-state index in [1.54, 1.807) is 18.2 Å². The summed E-state index contributed by atoms with van der Waals surface area (Å²) in [5.41, 5.74) is 4.99. The van der Waals surface area contributed by atoms with Crippen molar-refractivity contribution in [1.29, 1.82) is 5.26 Å². The Kier molecular flexibility index (Phi) is 3.52. The summed E-state index contributed by atoms with van der Waals surface area (Å²) in [6.45, 7) is 2.02. The lowest BCUT2D eigenvalue weighted by Gasteiger charge is -2.40. The average molecular weight is 429 g/mol. The number of benzene rings is 2. The Balaban J connectivity index is 1.64. The predicted molar refractivity (Wildman–Crippen MR) is 118 cm³/mol. The number of halogens is 1. The number of rotatable bonds is 1. The highest BCUT2D eigenvalue weighted by Gasteiger charge is 2.58. The van der Waals surface area contributed by atoms with E-state index >= 15 is 0 Å². The summed E-state index contributed by atoms with van der Waals surface area (Å²) < 4.78 is 0. The van der Waals surface area contributed by atoms with E-state index in [1.807, 2.05) is 6.92 Å². The number of aromatic nitrogens is 1. The van der Waals surface area contributed by atoms with E-state index in [4.69, 9.17) is 11.6 Å². The van der Waals surface area contributed by atoms with Gasteiger partial charge in [-0.1, -0.05) is 23.7 Å². The van der Waals surface area contributed by atoms with Crippen molar-refractivity contribution in [2.24, 2.45) is 0 Å². The molecule has 31 heavy (non-hydrogen) atoms. The van der Waals surface area contributed by atoms with Gasteiger partial charge in [-0.05, 0) is 60.7 Å². The summed E-state index contributed by atoms with van der Waals surface area (Å²) in [5, 5.41) is 17.4. The van der Waals surface area contributed by atoms with Crippen LogP contribution < -0.4 is 10.6 Å². The molecule has 2 amide bonds. The van der Waals surface area contributed by atoms with Crippen LogP contribution >= 0.6 is 11.6 Å². The van der Waals surface area contributed by atoms with Crippen LogP contribution in [-0.4, -0.2) is 22.3 Å². The fourth-order valence-corrected chi connectivity index (χ4v) is 5.73. The molecule has 2 atom stereocenters. The van der Waals surface area contributed by atoms with Crippen LogP contribution in [0.25, 0.3) is 16.5 Å².